The molecule has 5 aliphatic rings. The molecule has 5 fully saturated rings. The average Bonchev–Trinajstić information content (AvgIpc) is 3.92. The van der Waals surface area contributed by atoms with E-state index in [2.05, 4.69) is 42.0 Å². The van der Waals surface area contributed by atoms with E-state index in [0.717, 1.165) is 70.6 Å². The Kier molecular flexibility index (Phi) is 12.4. The number of sulfone groups is 1. The summed E-state index contributed by atoms with van der Waals surface area (Å²) in [5.41, 5.74) is -1.33. The summed E-state index contributed by atoms with van der Waals surface area (Å²) in [6.07, 6.45) is 12.5. The molecule has 5 rings (SSSR count). The number of hydrogen-bond acceptors (Lipinski definition) is 7. The molecule has 5 unspecified atom stereocenters. The van der Waals surface area contributed by atoms with E-state index in [9.17, 15) is 32.4 Å². The minimum absolute atomic E-state index is 0.00786. The number of Topliss-reactive ketones (excluding diaryl/α,β-unsaturated/α-hetero) is 1. The number of amides is 5. The Hall–Kier alpha value is -2.70. The van der Waals surface area contributed by atoms with Crippen LogP contribution in [0.1, 0.15) is 151 Å². The van der Waals surface area contributed by atoms with Crippen molar-refractivity contribution in [3.05, 3.63) is 0 Å². The second-order valence-corrected chi connectivity index (χ2v) is 21.9. The Bertz CT molecular complexity index is 1500. The third kappa shape index (κ3) is 9.58. The van der Waals surface area contributed by atoms with Gasteiger partial charge in [0.1, 0.15) is 12.1 Å². The Labute approximate surface area is 317 Å². The van der Waals surface area contributed by atoms with Gasteiger partial charge in [0.25, 0.3) is 5.91 Å². The summed E-state index contributed by atoms with van der Waals surface area (Å²) in [4.78, 5) is 70.9. The van der Waals surface area contributed by atoms with Crippen LogP contribution in [0.15, 0.2) is 0 Å². The van der Waals surface area contributed by atoms with Crippen LogP contribution in [0.4, 0.5) is 4.79 Å². The van der Waals surface area contributed by atoms with Gasteiger partial charge in [-0.3, -0.25) is 19.2 Å². The van der Waals surface area contributed by atoms with Crippen LogP contribution < -0.4 is 21.3 Å². The lowest BCUT2D eigenvalue weighted by Crippen LogP contribution is -2.62. The van der Waals surface area contributed by atoms with Gasteiger partial charge >= 0.3 is 6.03 Å². The first-order valence-corrected chi connectivity index (χ1v) is 22.1. The van der Waals surface area contributed by atoms with E-state index in [1.165, 1.54) is 0 Å². The Morgan fingerprint density at radius 3 is 2.02 bits per heavy atom. The molecule has 1 aliphatic heterocycles. The molecule has 5 atom stereocenters. The fourth-order valence-corrected chi connectivity index (χ4v) is 11.0. The molecule has 4 N–H and O–H groups in total. The summed E-state index contributed by atoms with van der Waals surface area (Å²) in [7, 11) is -3.56. The first-order chi connectivity index (χ1) is 24.7. The summed E-state index contributed by atoms with van der Waals surface area (Å²) < 4.78 is 25.9. The van der Waals surface area contributed by atoms with Gasteiger partial charge < -0.3 is 26.2 Å². The molecule has 0 spiro atoms. The quantitative estimate of drug-likeness (QED) is 0.171. The van der Waals surface area contributed by atoms with Gasteiger partial charge in [-0.2, -0.15) is 0 Å². The summed E-state index contributed by atoms with van der Waals surface area (Å²) in [6, 6.07) is -3.33. The number of rotatable bonds is 15. The highest BCUT2D eigenvalue weighted by molar-refractivity contribution is 7.92. The molecule has 1 saturated heterocycles. The molecule has 1 heterocycles. The van der Waals surface area contributed by atoms with Crippen molar-refractivity contribution in [2.45, 2.75) is 186 Å². The molecule has 12 nitrogen and oxygen atoms in total. The van der Waals surface area contributed by atoms with Crippen LogP contribution in [-0.2, 0) is 29.0 Å². The van der Waals surface area contributed by atoms with Gasteiger partial charge in [-0.05, 0) is 94.8 Å². The molecule has 53 heavy (non-hydrogen) atoms. The van der Waals surface area contributed by atoms with Crippen molar-refractivity contribution in [3.63, 3.8) is 0 Å². The molecule has 13 heteroatoms. The molecule has 5 amide bonds. The van der Waals surface area contributed by atoms with E-state index in [1.807, 2.05) is 6.92 Å². The summed E-state index contributed by atoms with van der Waals surface area (Å²) >= 11 is 0. The number of hydrogen-bond donors (Lipinski definition) is 4. The lowest BCUT2D eigenvalue weighted by Gasteiger charge is -2.41. The molecule has 0 aromatic heterocycles. The number of urea groups is 1. The Morgan fingerprint density at radius 1 is 0.849 bits per heavy atom. The Balaban J connectivity index is 1.38. The van der Waals surface area contributed by atoms with Crippen LogP contribution in [0, 0.1) is 22.7 Å². The zero-order valence-electron chi connectivity index (χ0n) is 33.4. The first kappa shape index (κ1) is 41.5. The third-order valence-corrected chi connectivity index (χ3v) is 16.1. The van der Waals surface area contributed by atoms with Crippen molar-refractivity contribution in [3.8, 4) is 0 Å². The molecular weight excluding hydrogens is 695 g/mol. The fraction of sp³-hybridized carbons (Fsp3) is 0.875. The summed E-state index contributed by atoms with van der Waals surface area (Å²) in [5, 5.41) is 11.8. The SMILES string of the molecule is CCCCC(NC(=O)C1C2C(CN1C(=O)C(CC1(C)CCCCC1)NC(=O)NC1(CS(=O)(=O)C(C)(C)C)CCCCC1)C2(C)C)C(=O)C(=O)NC1CC1. The molecule has 0 bridgehead atoms. The van der Waals surface area contributed by atoms with E-state index >= 15 is 0 Å². The molecule has 0 aromatic carbocycles. The smallest absolute Gasteiger partial charge is 0.315 e. The highest BCUT2D eigenvalue weighted by atomic mass is 32.2. The number of fused-ring (bicyclic) bond motifs is 1. The maximum absolute atomic E-state index is 14.8. The van der Waals surface area contributed by atoms with Gasteiger partial charge in [0, 0.05) is 12.6 Å². The minimum Gasteiger partial charge on any atom is -0.347 e. The van der Waals surface area contributed by atoms with Gasteiger partial charge in [0.15, 0.2) is 9.84 Å². The largest absolute Gasteiger partial charge is 0.347 e. The maximum atomic E-state index is 14.8. The standard InChI is InChI=1S/C40H67N5O7S/c1-8-9-16-28(32(46)34(48)41-26-17-18-26)42-33(47)31-30-27(38(30,5)6)24-45(31)35(49)29(23-39(7)19-12-10-13-20-39)43-36(50)44-40(21-14-11-15-22-40)25-53(51,52)37(2,3)4/h26-31H,8-25H2,1-7H3,(H,41,48)(H,42,47)(H2,43,44,50). The number of carbonyl (C=O) groups is 5. The van der Waals surface area contributed by atoms with Crippen LogP contribution in [0.3, 0.4) is 0 Å². The van der Waals surface area contributed by atoms with Crippen molar-refractivity contribution < 1.29 is 32.4 Å². The van der Waals surface area contributed by atoms with Crippen LogP contribution in [-0.4, -0.2) is 89.6 Å². The van der Waals surface area contributed by atoms with Crippen molar-refractivity contribution >= 4 is 39.4 Å². The minimum atomic E-state index is -3.56. The highest BCUT2D eigenvalue weighted by Gasteiger charge is 2.69. The second-order valence-electron chi connectivity index (χ2n) is 19.1. The lowest BCUT2D eigenvalue weighted by atomic mass is 9.71. The monoisotopic (exact) mass is 761 g/mol. The Morgan fingerprint density at radius 2 is 1.45 bits per heavy atom. The number of carbonyl (C=O) groups excluding carboxylic acids is 5. The zero-order valence-corrected chi connectivity index (χ0v) is 34.2. The topological polar surface area (TPSA) is 171 Å². The normalized spacial score (nSPS) is 27.1. The van der Waals surface area contributed by atoms with Gasteiger partial charge in [-0.15, -0.1) is 0 Å². The van der Waals surface area contributed by atoms with E-state index in [1.54, 1.807) is 25.7 Å². The van der Waals surface area contributed by atoms with Gasteiger partial charge in [-0.25, -0.2) is 13.2 Å². The fourth-order valence-electron chi connectivity index (χ4n) is 9.44. The second kappa shape index (κ2) is 15.8. The predicted molar refractivity (Wildman–Crippen MR) is 205 cm³/mol. The van der Waals surface area contributed by atoms with Crippen LogP contribution in [0.2, 0.25) is 0 Å². The van der Waals surface area contributed by atoms with Crippen molar-refractivity contribution in [2.75, 3.05) is 12.3 Å². The molecular formula is C40H67N5O7S. The zero-order chi connectivity index (χ0) is 39.0. The van der Waals surface area contributed by atoms with E-state index in [4.69, 9.17) is 0 Å². The predicted octanol–water partition coefficient (Wildman–Crippen LogP) is 4.94. The molecule has 4 aliphatic carbocycles. The number of nitrogens with one attached hydrogen (secondary N) is 4. The highest BCUT2D eigenvalue weighted by Crippen LogP contribution is 2.65. The molecule has 0 aromatic rings. The summed E-state index contributed by atoms with van der Waals surface area (Å²) in [5.74, 6) is -2.33. The van der Waals surface area contributed by atoms with Gasteiger partial charge in [0.2, 0.25) is 17.6 Å². The van der Waals surface area contributed by atoms with E-state index in [-0.39, 0.29) is 40.4 Å². The van der Waals surface area contributed by atoms with Gasteiger partial charge in [0.05, 0.1) is 22.1 Å². The molecule has 0 radical (unpaired) electrons. The first-order valence-electron chi connectivity index (χ1n) is 20.5. The number of likely N-dealkylation sites (tertiary alicyclic amines) is 1. The molecule has 300 valence electrons. The van der Waals surface area contributed by atoms with Crippen molar-refractivity contribution in [1.82, 2.24) is 26.2 Å². The van der Waals surface area contributed by atoms with E-state index < -0.39 is 61.9 Å². The third-order valence-electron chi connectivity index (χ3n) is 13.3. The van der Waals surface area contributed by atoms with E-state index in [0.29, 0.717) is 38.6 Å². The van der Waals surface area contributed by atoms with Crippen molar-refractivity contribution in [2.24, 2.45) is 22.7 Å². The maximum Gasteiger partial charge on any atom is 0.315 e. The van der Waals surface area contributed by atoms with Crippen LogP contribution >= 0.6 is 0 Å². The number of ketones is 1. The van der Waals surface area contributed by atoms with Crippen LogP contribution in [0.5, 0.6) is 0 Å². The number of piperidine rings is 1. The molecule has 4 saturated carbocycles. The summed E-state index contributed by atoms with van der Waals surface area (Å²) in [6.45, 7) is 13.7. The number of unbranched alkanes of at least 4 members (excludes halogenated alkanes) is 1. The average molecular weight is 762 g/mol. The van der Waals surface area contributed by atoms with Gasteiger partial charge in [-0.1, -0.05) is 79.1 Å². The van der Waals surface area contributed by atoms with Crippen LogP contribution in [0.25, 0.3) is 0 Å². The van der Waals surface area contributed by atoms with Crippen molar-refractivity contribution in [1.29, 1.82) is 0 Å². The lowest BCUT2D eigenvalue weighted by molar-refractivity contribution is -0.144. The number of nitrogens with zero attached hydrogens (tertiary/aromatic N) is 1.